The molecule has 7 nitrogen and oxygen atoms in total. The van der Waals surface area contributed by atoms with Crippen LogP contribution in [-0.4, -0.2) is 21.8 Å². The van der Waals surface area contributed by atoms with Crippen LogP contribution < -0.4 is 15.8 Å². The number of carbonyl (C=O) groups excluding carboxylic acids is 2. The topological polar surface area (TPSA) is 107 Å². The van der Waals surface area contributed by atoms with Crippen LogP contribution in [0.3, 0.4) is 0 Å². The molecular formula is C18H15FN4O3S. The highest BCUT2D eigenvalue weighted by Crippen LogP contribution is 2.26. The van der Waals surface area contributed by atoms with Crippen LogP contribution in [0.4, 0.5) is 9.52 Å². The zero-order valence-electron chi connectivity index (χ0n) is 14.2. The summed E-state index contributed by atoms with van der Waals surface area (Å²) in [6.07, 6.45) is 3.04. The maximum atomic E-state index is 14.3. The number of pyridine rings is 1. The Kier molecular flexibility index (Phi) is 5.41. The van der Waals surface area contributed by atoms with Crippen LogP contribution >= 0.6 is 11.3 Å². The predicted molar refractivity (Wildman–Crippen MR) is 98.4 cm³/mol. The lowest BCUT2D eigenvalue weighted by Gasteiger charge is -2.09. The van der Waals surface area contributed by atoms with Gasteiger partial charge in [-0.1, -0.05) is 6.07 Å². The van der Waals surface area contributed by atoms with Crippen LogP contribution in [0.15, 0.2) is 42.7 Å². The number of nitrogens with two attached hydrogens (primary N) is 1. The first-order valence-electron chi connectivity index (χ1n) is 7.86. The molecule has 0 spiro atoms. The van der Waals surface area contributed by atoms with Crippen molar-refractivity contribution in [2.75, 3.05) is 5.32 Å². The first kappa shape index (κ1) is 18.5. The summed E-state index contributed by atoms with van der Waals surface area (Å²) in [5, 5.41) is 3.15. The molecule has 2 aromatic heterocycles. The summed E-state index contributed by atoms with van der Waals surface area (Å²) in [6, 6.07) is 7.06. The molecule has 27 heavy (non-hydrogen) atoms. The number of aromatic nitrogens is 2. The fourth-order valence-corrected chi connectivity index (χ4v) is 2.94. The van der Waals surface area contributed by atoms with Gasteiger partial charge in [0.05, 0.1) is 6.42 Å². The van der Waals surface area contributed by atoms with Crippen molar-refractivity contribution in [2.45, 2.75) is 13.3 Å². The van der Waals surface area contributed by atoms with Crippen molar-refractivity contribution in [2.24, 2.45) is 5.73 Å². The molecule has 0 aliphatic rings. The van der Waals surface area contributed by atoms with Gasteiger partial charge in [-0.25, -0.2) is 14.4 Å². The third-order valence-corrected chi connectivity index (χ3v) is 4.30. The highest BCUT2D eigenvalue weighted by Gasteiger charge is 2.14. The molecular weight excluding hydrogens is 371 g/mol. The number of hydrogen-bond donors (Lipinski definition) is 2. The van der Waals surface area contributed by atoms with Gasteiger partial charge < -0.3 is 15.8 Å². The van der Waals surface area contributed by atoms with Crippen LogP contribution in [0, 0.1) is 12.7 Å². The minimum Gasteiger partial charge on any atom is -0.435 e. The number of halogens is 1. The highest BCUT2D eigenvalue weighted by atomic mass is 32.1. The highest BCUT2D eigenvalue weighted by molar-refractivity contribution is 7.15. The van der Waals surface area contributed by atoms with Crippen molar-refractivity contribution >= 4 is 28.3 Å². The van der Waals surface area contributed by atoms with Crippen LogP contribution in [-0.2, 0) is 11.2 Å². The largest absolute Gasteiger partial charge is 0.435 e. The van der Waals surface area contributed by atoms with Gasteiger partial charge in [0.25, 0.3) is 5.91 Å². The fraction of sp³-hybridized carbons (Fsp3) is 0.111. The van der Waals surface area contributed by atoms with Gasteiger partial charge in [0.2, 0.25) is 11.8 Å². The minimum atomic E-state index is -0.732. The average molecular weight is 386 g/mol. The number of hydrogen-bond acceptors (Lipinski definition) is 6. The third kappa shape index (κ3) is 4.64. The monoisotopic (exact) mass is 386 g/mol. The van der Waals surface area contributed by atoms with Crippen LogP contribution in [0.2, 0.25) is 0 Å². The van der Waals surface area contributed by atoms with E-state index in [0.29, 0.717) is 10.7 Å². The Morgan fingerprint density at radius 1 is 1.30 bits per heavy atom. The first-order chi connectivity index (χ1) is 12.9. The molecule has 3 N–H and O–H groups in total. The number of benzene rings is 1. The lowest BCUT2D eigenvalue weighted by atomic mass is 10.1. The number of primary amides is 1. The van der Waals surface area contributed by atoms with E-state index in [2.05, 4.69) is 15.3 Å². The maximum Gasteiger partial charge on any atom is 0.254 e. The summed E-state index contributed by atoms with van der Waals surface area (Å²) >= 11 is 1.36. The lowest BCUT2D eigenvalue weighted by molar-refractivity contribution is -0.115. The second kappa shape index (κ2) is 7.92. The molecule has 0 radical (unpaired) electrons. The van der Waals surface area contributed by atoms with Gasteiger partial charge in [-0.3, -0.25) is 9.59 Å². The van der Waals surface area contributed by atoms with Crippen molar-refractivity contribution in [1.82, 2.24) is 9.97 Å². The number of carbonyl (C=O) groups is 2. The molecule has 0 atom stereocenters. The van der Waals surface area contributed by atoms with E-state index in [-0.39, 0.29) is 29.5 Å². The number of nitrogens with one attached hydrogen (secondary N) is 1. The molecule has 0 fully saturated rings. The third-order valence-electron chi connectivity index (χ3n) is 3.47. The summed E-state index contributed by atoms with van der Waals surface area (Å²) in [4.78, 5) is 32.3. The van der Waals surface area contributed by atoms with E-state index in [0.717, 1.165) is 4.88 Å². The molecule has 3 rings (SSSR count). The van der Waals surface area contributed by atoms with Gasteiger partial charge in [-0.05, 0) is 36.8 Å². The van der Waals surface area contributed by atoms with Crippen molar-refractivity contribution < 1.29 is 18.7 Å². The van der Waals surface area contributed by atoms with Gasteiger partial charge in [-0.15, -0.1) is 11.3 Å². The molecule has 2 amide bonds. The number of amides is 2. The molecule has 138 valence electrons. The Bertz CT molecular complexity index is 1010. The van der Waals surface area contributed by atoms with Gasteiger partial charge in [-0.2, -0.15) is 0 Å². The normalized spacial score (nSPS) is 10.4. The van der Waals surface area contributed by atoms with Crippen molar-refractivity contribution in [3.05, 3.63) is 64.5 Å². The molecule has 1 aromatic carbocycles. The van der Waals surface area contributed by atoms with E-state index in [9.17, 15) is 14.0 Å². The van der Waals surface area contributed by atoms with E-state index in [1.54, 1.807) is 12.3 Å². The quantitative estimate of drug-likeness (QED) is 0.677. The molecule has 0 saturated carbocycles. The number of rotatable bonds is 6. The second-order valence-electron chi connectivity index (χ2n) is 5.59. The Labute approximate surface area is 158 Å². The predicted octanol–water partition coefficient (Wildman–Crippen LogP) is 3.06. The molecule has 0 unspecified atom stereocenters. The van der Waals surface area contributed by atoms with Gasteiger partial charge in [0, 0.05) is 17.3 Å². The Morgan fingerprint density at radius 3 is 2.78 bits per heavy atom. The smallest absolute Gasteiger partial charge is 0.254 e. The molecule has 9 heteroatoms. The number of anilines is 1. The zero-order valence-corrected chi connectivity index (χ0v) is 15.0. The summed E-state index contributed by atoms with van der Waals surface area (Å²) in [6.45, 7) is 1.88. The van der Waals surface area contributed by atoms with E-state index in [1.165, 1.54) is 41.8 Å². The van der Waals surface area contributed by atoms with Crippen molar-refractivity contribution in [3.8, 4) is 11.6 Å². The molecule has 0 aliphatic carbocycles. The number of nitrogens with zero attached hydrogens (tertiary/aromatic N) is 2. The summed E-state index contributed by atoms with van der Waals surface area (Å²) in [5.74, 6) is -1.95. The average Bonchev–Trinajstić information content (AvgIpc) is 3.02. The summed E-state index contributed by atoms with van der Waals surface area (Å²) in [5.41, 5.74) is 5.75. The first-order valence-corrected chi connectivity index (χ1v) is 8.67. The standard InChI is InChI=1S/C18H15FN4O3S/c1-10-9-22-18(27-10)23-15(24)8-11-4-5-14(13(19)7-11)26-17-12(16(20)25)3-2-6-21-17/h2-7,9H,8H2,1H3,(H2,20,25)(H,22,23,24). The van der Waals surface area contributed by atoms with Crippen LogP contribution in [0.25, 0.3) is 0 Å². The van der Waals surface area contributed by atoms with Crippen LogP contribution in [0.1, 0.15) is 20.8 Å². The second-order valence-corrected chi connectivity index (χ2v) is 6.82. The van der Waals surface area contributed by atoms with E-state index in [1.807, 2.05) is 6.92 Å². The lowest BCUT2D eigenvalue weighted by Crippen LogP contribution is -2.14. The van der Waals surface area contributed by atoms with Crippen molar-refractivity contribution in [3.63, 3.8) is 0 Å². The van der Waals surface area contributed by atoms with E-state index < -0.39 is 11.7 Å². The molecule has 3 aromatic rings. The molecule has 2 heterocycles. The van der Waals surface area contributed by atoms with E-state index in [4.69, 9.17) is 10.5 Å². The zero-order chi connectivity index (χ0) is 19.4. The van der Waals surface area contributed by atoms with Gasteiger partial charge >= 0.3 is 0 Å². The van der Waals surface area contributed by atoms with Crippen LogP contribution in [0.5, 0.6) is 11.6 Å². The fourth-order valence-electron chi connectivity index (χ4n) is 2.26. The van der Waals surface area contributed by atoms with Crippen molar-refractivity contribution in [1.29, 1.82) is 0 Å². The van der Waals surface area contributed by atoms with Gasteiger partial charge in [0.15, 0.2) is 16.7 Å². The summed E-state index contributed by atoms with van der Waals surface area (Å²) < 4.78 is 19.7. The number of ether oxygens (including phenoxy) is 1. The number of thiazole rings is 1. The number of aryl methyl sites for hydroxylation is 1. The molecule has 0 bridgehead atoms. The Morgan fingerprint density at radius 2 is 2.11 bits per heavy atom. The Balaban J connectivity index is 1.70. The summed E-state index contributed by atoms with van der Waals surface area (Å²) in [7, 11) is 0. The van der Waals surface area contributed by atoms with E-state index >= 15 is 0 Å². The molecule has 0 saturated heterocycles. The Hall–Kier alpha value is -3.33. The minimum absolute atomic E-state index is 0.0219. The maximum absolute atomic E-state index is 14.3. The van der Waals surface area contributed by atoms with Gasteiger partial charge in [0.1, 0.15) is 5.56 Å². The molecule has 0 aliphatic heterocycles. The SMILES string of the molecule is Cc1cnc(NC(=O)Cc2ccc(Oc3ncccc3C(N)=O)c(F)c2)s1.